The number of aromatic hydroxyl groups is 1. The number of phenolic OH excluding ortho intramolecular Hbond substituents is 1. The number of benzene rings is 4. The molecule has 53 heavy (non-hydrogen) atoms. The topological polar surface area (TPSA) is 146 Å². The number of nitrogens with zero attached hydrogens (tertiary/aromatic N) is 4. The third-order valence-corrected chi connectivity index (χ3v) is 11.9. The summed E-state index contributed by atoms with van der Waals surface area (Å²) in [5, 5.41) is 15.4. The van der Waals surface area contributed by atoms with Crippen molar-refractivity contribution in [1.29, 1.82) is 0 Å². The number of urea groups is 1. The number of nitrogens with one attached hydrogen (secondary N) is 2. The molecule has 12 nitrogen and oxygen atoms in total. The van der Waals surface area contributed by atoms with Crippen LogP contribution in [0, 0.1) is 0 Å². The number of phenols is 1. The zero-order chi connectivity index (χ0) is 37.3. The van der Waals surface area contributed by atoms with E-state index in [0.717, 1.165) is 10.9 Å². The number of hydrazine groups is 1. The number of amides is 4. The van der Waals surface area contributed by atoms with Crippen LogP contribution in [0.5, 0.6) is 5.75 Å². The van der Waals surface area contributed by atoms with Crippen molar-refractivity contribution < 1.29 is 27.9 Å². The number of para-hydroxylation sites is 1. The van der Waals surface area contributed by atoms with Crippen LogP contribution < -0.4 is 5.32 Å². The molecule has 4 aromatic carbocycles. The summed E-state index contributed by atoms with van der Waals surface area (Å²) >= 11 is 6.17. The third-order valence-electron chi connectivity index (χ3n) is 9.58. The van der Waals surface area contributed by atoms with E-state index in [-0.39, 0.29) is 43.2 Å². The van der Waals surface area contributed by atoms with Gasteiger partial charge in [0.1, 0.15) is 18.0 Å². The number of rotatable bonds is 10. The fourth-order valence-corrected chi connectivity index (χ4v) is 9.11. The molecule has 272 valence electrons. The number of sulfone groups is 1. The first-order valence-electron chi connectivity index (χ1n) is 17.0. The minimum absolute atomic E-state index is 0.0147. The second kappa shape index (κ2) is 14.8. The Bertz CT molecular complexity index is 2270. The molecule has 2 fully saturated rings. The Morgan fingerprint density at radius 1 is 0.962 bits per heavy atom. The van der Waals surface area contributed by atoms with Gasteiger partial charge in [0.25, 0.3) is 0 Å². The van der Waals surface area contributed by atoms with Gasteiger partial charge >= 0.3 is 6.03 Å². The lowest BCUT2D eigenvalue weighted by Gasteiger charge is -2.56. The highest BCUT2D eigenvalue weighted by Gasteiger charge is 2.54. The summed E-state index contributed by atoms with van der Waals surface area (Å²) in [4.78, 5) is 49.2. The van der Waals surface area contributed by atoms with E-state index in [1.807, 2.05) is 42.5 Å². The van der Waals surface area contributed by atoms with Gasteiger partial charge in [-0.15, -0.1) is 6.58 Å². The Balaban J connectivity index is 1.39. The SMILES string of the molecule is C=CCN1CC(=O)N2C(Cc3ccc(O)cc3)C(=O)N(C(c3cccc4cc[nH]c34)S(=O)(=O)c3ccc(Cl)cc3)CC2N1C(=O)NCc1ccccc1. The van der Waals surface area contributed by atoms with Crippen LogP contribution >= 0.6 is 11.6 Å². The summed E-state index contributed by atoms with van der Waals surface area (Å²) in [5.41, 5.74) is 2.30. The lowest BCUT2D eigenvalue weighted by molar-refractivity contribution is -0.189. The highest BCUT2D eigenvalue weighted by Crippen LogP contribution is 2.40. The lowest BCUT2D eigenvalue weighted by atomic mass is 9.98. The molecule has 3 atom stereocenters. The van der Waals surface area contributed by atoms with E-state index < -0.39 is 45.3 Å². The van der Waals surface area contributed by atoms with Crippen molar-refractivity contribution in [2.45, 2.75) is 35.4 Å². The van der Waals surface area contributed by atoms with Gasteiger partial charge in [-0.3, -0.25) is 9.59 Å². The van der Waals surface area contributed by atoms with Crippen LogP contribution in [0.3, 0.4) is 0 Å². The van der Waals surface area contributed by atoms with Crippen LogP contribution in [0.25, 0.3) is 10.9 Å². The van der Waals surface area contributed by atoms with Gasteiger partial charge in [0, 0.05) is 36.3 Å². The van der Waals surface area contributed by atoms with Crippen LogP contribution in [0.2, 0.25) is 5.02 Å². The average molecular weight is 753 g/mol. The first-order valence-corrected chi connectivity index (χ1v) is 18.9. The van der Waals surface area contributed by atoms with E-state index in [2.05, 4.69) is 16.9 Å². The predicted octanol–water partition coefficient (Wildman–Crippen LogP) is 5.24. The number of carbonyl (C=O) groups is 3. The van der Waals surface area contributed by atoms with Gasteiger partial charge < -0.3 is 25.2 Å². The van der Waals surface area contributed by atoms with Crippen molar-refractivity contribution in [2.75, 3.05) is 19.6 Å². The standard InChI is InChI=1S/C39H37ClN6O6S/c1-2-21-43-25-35(48)45-33(22-26-11-15-30(47)16-12-26)37(49)44(24-34(45)46(43)39(50)42-23-27-7-4-3-5-8-27)38(32-10-6-9-28-19-20-41-36(28)32)53(51,52)31-17-13-29(40)14-18-31/h2-20,33-34,38,41,47H,1,21-25H2,(H,42,50). The molecule has 14 heteroatoms. The Morgan fingerprint density at radius 3 is 2.42 bits per heavy atom. The van der Waals surface area contributed by atoms with E-state index in [0.29, 0.717) is 21.7 Å². The molecule has 0 saturated carbocycles. The minimum Gasteiger partial charge on any atom is -0.508 e. The second-order valence-electron chi connectivity index (χ2n) is 12.9. The van der Waals surface area contributed by atoms with Gasteiger partial charge in [-0.2, -0.15) is 0 Å². The Morgan fingerprint density at radius 2 is 1.70 bits per heavy atom. The van der Waals surface area contributed by atoms with Crippen LogP contribution in [0.1, 0.15) is 22.1 Å². The number of halogens is 1. The molecule has 4 amide bonds. The molecule has 3 heterocycles. The number of hydrogen-bond acceptors (Lipinski definition) is 7. The average Bonchev–Trinajstić information content (AvgIpc) is 3.64. The van der Waals surface area contributed by atoms with Crippen molar-refractivity contribution in [2.24, 2.45) is 0 Å². The molecule has 2 aliphatic heterocycles. The lowest BCUT2D eigenvalue weighted by Crippen LogP contribution is -2.77. The number of aromatic amines is 1. The highest BCUT2D eigenvalue weighted by atomic mass is 35.5. The van der Waals surface area contributed by atoms with Gasteiger partial charge in [-0.05, 0) is 59.0 Å². The molecular formula is C39H37ClN6O6S. The smallest absolute Gasteiger partial charge is 0.334 e. The minimum atomic E-state index is -4.39. The molecule has 3 unspecified atom stereocenters. The summed E-state index contributed by atoms with van der Waals surface area (Å²) in [6, 6.07) is 26.6. The van der Waals surface area contributed by atoms with E-state index in [1.165, 1.54) is 51.2 Å². The second-order valence-corrected chi connectivity index (χ2v) is 15.4. The van der Waals surface area contributed by atoms with Crippen molar-refractivity contribution in [3.8, 4) is 5.75 Å². The fourth-order valence-electron chi connectivity index (χ4n) is 7.15. The third kappa shape index (κ3) is 6.98. The maximum atomic E-state index is 15.1. The molecular weight excluding hydrogens is 716 g/mol. The number of piperazine rings is 1. The molecule has 5 aromatic rings. The highest BCUT2D eigenvalue weighted by molar-refractivity contribution is 7.91. The van der Waals surface area contributed by atoms with Crippen molar-refractivity contribution in [1.82, 2.24) is 30.1 Å². The number of aromatic nitrogens is 1. The molecule has 1 aromatic heterocycles. The molecule has 2 aliphatic rings. The van der Waals surface area contributed by atoms with Gasteiger partial charge in [-0.25, -0.2) is 23.2 Å². The first kappa shape index (κ1) is 35.8. The predicted molar refractivity (Wildman–Crippen MR) is 200 cm³/mol. The maximum absolute atomic E-state index is 15.1. The van der Waals surface area contributed by atoms with E-state index >= 15 is 4.79 Å². The number of hydrogen-bond donors (Lipinski definition) is 3. The van der Waals surface area contributed by atoms with Gasteiger partial charge in [0.2, 0.25) is 21.7 Å². The first-order chi connectivity index (χ1) is 25.6. The van der Waals surface area contributed by atoms with Crippen molar-refractivity contribution in [3.63, 3.8) is 0 Å². The molecule has 0 bridgehead atoms. The zero-order valence-electron chi connectivity index (χ0n) is 28.5. The van der Waals surface area contributed by atoms with Crippen LogP contribution in [-0.2, 0) is 32.4 Å². The molecule has 0 aliphatic carbocycles. The van der Waals surface area contributed by atoms with Crippen LogP contribution in [0.4, 0.5) is 4.79 Å². The molecule has 7 rings (SSSR count). The van der Waals surface area contributed by atoms with E-state index in [4.69, 9.17) is 11.6 Å². The van der Waals surface area contributed by atoms with Crippen molar-refractivity contribution >= 4 is 50.2 Å². The van der Waals surface area contributed by atoms with Gasteiger partial charge in [0.05, 0.1) is 23.5 Å². The maximum Gasteiger partial charge on any atom is 0.334 e. The molecule has 3 N–H and O–H groups in total. The Labute approximate surface area is 311 Å². The quantitative estimate of drug-likeness (QED) is 0.166. The summed E-state index contributed by atoms with van der Waals surface area (Å²) in [6.45, 7) is 3.58. The monoisotopic (exact) mass is 752 g/mol. The van der Waals surface area contributed by atoms with Gasteiger partial charge in [-0.1, -0.05) is 78.3 Å². The summed E-state index contributed by atoms with van der Waals surface area (Å²) in [6.07, 6.45) is 2.13. The zero-order valence-corrected chi connectivity index (χ0v) is 30.1. The number of H-pyrrole nitrogens is 1. The summed E-state index contributed by atoms with van der Waals surface area (Å²) in [7, 11) is -4.39. The van der Waals surface area contributed by atoms with E-state index in [9.17, 15) is 23.1 Å². The van der Waals surface area contributed by atoms with Crippen LogP contribution in [-0.4, -0.2) is 88.0 Å². The molecule has 0 radical (unpaired) electrons. The number of carbonyl (C=O) groups excluding carboxylic acids is 3. The summed E-state index contributed by atoms with van der Waals surface area (Å²) in [5.74, 6) is -1.01. The molecule has 0 spiro atoms. The van der Waals surface area contributed by atoms with Crippen molar-refractivity contribution in [3.05, 3.63) is 144 Å². The Hall–Kier alpha value is -5.63. The van der Waals surface area contributed by atoms with E-state index in [1.54, 1.807) is 41.5 Å². The van der Waals surface area contributed by atoms with Gasteiger partial charge in [0.15, 0.2) is 5.37 Å². The number of fused-ring (bicyclic) bond motifs is 2. The normalized spacial score (nSPS) is 18.5. The summed E-state index contributed by atoms with van der Waals surface area (Å²) < 4.78 is 29.9. The largest absolute Gasteiger partial charge is 0.508 e. The Kier molecular flexibility index (Phi) is 9.97. The molecule has 2 saturated heterocycles. The fraction of sp³-hybridized carbons (Fsp3) is 0.205. The van der Waals surface area contributed by atoms with Crippen LogP contribution in [0.15, 0.2) is 127 Å².